The van der Waals surface area contributed by atoms with Gasteiger partial charge in [0.15, 0.2) is 0 Å². The van der Waals surface area contributed by atoms with Gasteiger partial charge in [-0.3, -0.25) is 4.79 Å². The molecular formula is C14H31NO4. The van der Waals surface area contributed by atoms with Crippen molar-refractivity contribution < 1.29 is 19.8 Å². The van der Waals surface area contributed by atoms with Crippen molar-refractivity contribution >= 4 is 12.7 Å². The van der Waals surface area contributed by atoms with Crippen LogP contribution in [0, 0.1) is 5.41 Å². The van der Waals surface area contributed by atoms with E-state index >= 15 is 0 Å². The SMILES string of the molecule is C=O.CC.CC(C)(C)CC(=O)N1CCC(O)C1.CO. The summed E-state index contributed by atoms with van der Waals surface area (Å²) < 4.78 is 0. The van der Waals surface area contributed by atoms with Crippen LogP contribution in [0.15, 0.2) is 0 Å². The second-order valence-corrected chi connectivity index (χ2v) is 5.02. The van der Waals surface area contributed by atoms with Crippen molar-refractivity contribution in [3.63, 3.8) is 0 Å². The Morgan fingerprint density at radius 1 is 1.26 bits per heavy atom. The van der Waals surface area contributed by atoms with E-state index < -0.39 is 0 Å². The summed E-state index contributed by atoms with van der Waals surface area (Å²) in [5.41, 5.74) is 0.0463. The minimum atomic E-state index is -0.302. The predicted octanol–water partition coefficient (Wildman–Crippen LogP) is 1.47. The number of carbonyl (C=O) groups excluding carboxylic acids is 2. The lowest BCUT2D eigenvalue weighted by Crippen LogP contribution is -2.32. The van der Waals surface area contributed by atoms with Gasteiger partial charge in [0.05, 0.1) is 6.10 Å². The van der Waals surface area contributed by atoms with E-state index in [1.54, 1.807) is 4.90 Å². The molecule has 5 nitrogen and oxygen atoms in total. The number of rotatable bonds is 1. The molecule has 1 unspecified atom stereocenters. The second-order valence-electron chi connectivity index (χ2n) is 5.02. The van der Waals surface area contributed by atoms with Gasteiger partial charge in [0.1, 0.15) is 6.79 Å². The van der Waals surface area contributed by atoms with E-state index in [0.717, 1.165) is 20.1 Å². The summed E-state index contributed by atoms with van der Waals surface area (Å²) in [6, 6.07) is 0. The molecule has 0 aromatic rings. The van der Waals surface area contributed by atoms with Gasteiger partial charge in [-0.1, -0.05) is 34.6 Å². The molecule has 5 heteroatoms. The smallest absolute Gasteiger partial charge is 0.223 e. The van der Waals surface area contributed by atoms with Gasteiger partial charge in [0.25, 0.3) is 0 Å². The maximum absolute atomic E-state index is 11.6. The first kappa shape index (κ1) is 23.2. The first-order valence-corrected chi connectivity index (χ1v) is 6.58. The Morgan fingerprint density at radius 2 is 1.68 bits per heavy atom. The molecule has 1 amide bonds. The number of carbonyl (C=O) groups is 2. The number of likely N-dealkylation sites (tertiary alicyclic amines) is 1. The molecule has 2 N–H and O–H groups in total. The minimum absolute atomic E-state index is 0.0463. The maximum atomic E-state index is 11.6. The molecule has 0 aliphatic carbocycles. The summed E-state index contributed by atoms with van der Waals surface area (Å²) in [4.78, 5) is 21.4. The van der Waals surface area contributed by atoms with E-state index in [1.807, 2.05) is 20.6 Å². The lowest BCUT2D eigenvalue weighted by molar-refractivity contribution is -0.132. The Balaban J connectivity index is -0.000000375. The highest BCUT2D eigenvalue weighted by Crippen LogP contribution is 2.21. The van der Waals surface area contributed by atoms with Crippen molar-refractivity contribution in [3.8, 4) is 0 Å². The van der Waals surface area contributed by atoms with Crippen LogP contribution in [0.25, 0.3) is 0 Å². The van der Waals surface area contributed by atoms with Crippen molar-refractivity contribution in [3.05, 3.63) is 0 Å². The van der Waals surface area contributed by atoms with Crippen LogP contribution in [0.4, 0.5) is 0 Å². The molecule has 0 radical (unpaired) electrons. The van der Waals surface area contributed by atoms with Crippen molar-refractivity contribution in [2.24, 2.45) is 5.41 Å². The van der Waals surface area contributed by atoms with E-state index in [4.69, 9.17) is 9.90 Å². The van der Waals surface area contributed by atoms with Gasteiger partial charge >= 0.3 is 0 Å². The van der Waals surface area contributed by atoms with Gasteiger partial charge in [-0.15, -0.1) is 0 Å². The first-order valence-electron chi connectivity index (χ1n) is 6.58. The normalized spacial score (nSPS) is 17.1. The number of β-amino-alcohol motifs (C(OH)–C–C–N with tert-alkyl or cyclic N) is 1. The monoisotopic (exact) mass is 277 g/mol. The summed E-state index contributed by atoms with van der Waals surface area (Å²) >= 11 is 0. The van der Waals surface area contributed by atoms with E-state index in [9.17, 15) is 9.90 Å². The Kier molecular flexibility index (Phi) is 16.5. The topological polar surface area (TPSA) is 77.8 Å². The number of amides is 1. The number of aliphatic hydroxyl groups is 2. The Bertz CT molecular complexity index is 214. The zero-order valence-electron chi connectivity index (χ0n) is 13.3. The standard InChI is InChI=1S/C10H19NO2.C2H6.CH4O.CH2O/c1-10(2,3)6-9(13)11-5-4-8(12)7-11;3*1-2/h8,12H,4-7H2,1-3H3;1-2H3;2H,1H3;1H2. The van der Waals surface area contributed by atoms with Crippen LogP contribution in [0.5, 0.6) is 0 Å². The summed E-state index contributed by atoms with van der Waals surface area (Å²) in [7, 11) is 1.00. The van der Waals surface area contributed by atoms with Gasteiger partial charge in [-0.2, -0.15) is 0 Å². The molecule has 1 atom stereocenters. The Labute approximate surface area is 117 Å². The van der Waals surface area contributed by atoms with Crippen LogP contribution < -0.4 is 0 Å². The largest absolute Gasteiger partial charge is 0.400 e. The summed E-state index contributed by atoms with van der Waals surface area (Å²) in [6.07, 6.45) is 0.999. The molecule has 0 aromatic heterocycles. The number of nitrogens with zero attached hydrogens (tertiary/aromatic N) is 1. The van der Waals surface area contributed by atoms with Crippen LogP contribution in [-0.4, -0.2) is 54.1 Å². The molecule has 0 saturated carbocycles. The number of hydrogen-bond acceptors (Lipinski definition) is 4. The third-order valence-corrected chi connectivity index (χ3v) is 2.20. The lowest BCUT2D eigenvalue weighted by Gasteiger charge is -2.22. The summed E-state index contributed by atoms with van der Waals surface area (Å²) in [5.74, 6) is 0.170. The van der Waals surface area contributed by atoms with Crippen molar-refractivity contribution in [2.45, 2.75) is 53.6 Å². The average Bonchev–Trinajstić information content (AvgIpc) is 2.82. The second kappa shape index (κ2) is 13.5. The predicted molar refractivity (Wildman–Crippen MR) is 77.9 cm³/mol. The first-order chi connectivity index (χ1) is 8.88. The highest BCUT2D eigenvalue weighted by molar-refractivity contribution is 5.77. The molecule has 0 bridgehead atoms. The van der Waals surface area contributed by atoms with Crippen LogP contribution >= 0.6 is 0 Å². The highest BCUT2D eigenvalue weighted by Gasteiger charge is 2.27. The molecule has 19 heavy (non-hydrogen) atoms. The van der Waals surface area contributed by atoms with E-state index in [1.165, 1.54) is 0 Å². The lowest BCUT2D eigenvalue weighted by atomic mass is 9.92. The quantitative estimate of drug-likeness (QED) is 0.761. The van der Waals surface area contributed by atoms with E-state index in [2.05, 4.69) is 20.8 Å². The highest BCUT2D eigenvalue weighted by atomic mass is 16.3. The molecular weight excluding hydrogens is 246 g/mol. The molecule has 1 fully saturated rings. The third kappa shape index (κ3) is 13.3. The van der Waals surface area contributed by atoms with Crippen molar-refractivity contribution in [2.75, 3.05) is 20.2 Å². The third-order valence-electron chi connectivity index (χ3n) is 2.20. The molecule has 0 spiro atoms. The van der Waals surface area contributed by atoms with Gasteiger partial charge < -0.3 is 19.9 Å². The summed E-state index contributed by atoms with van der Waals surface area (Å²) in [6.45, 7) is 13.4. The van der Waals surface area contributed by atoms with E-state index in [0.29, 0.717) is 13.0 Å². The number of hydrogen-bond donors (Lipinski definition) is 2. The maximum Gasteiger partial charge on any atom is 0.223 e. The molecule has 116 valence electrons. The summed E-state index contributed by atoms with van der Waals surface area (Å²) in [5, 5.41) is 16.3. The van der Waals surface area contributed by atoms with Crippen LogP contribution in [0.2, 0.25) is 0 Å². The van der Waals surface area contributed by atoms with Gasteiger partial charge in [-0.25, -0.2) is 0 Å². The Hall–Kier alpha value is -0.940. The van der Waals surface area contributed by atoms with Gasteiger partial charge in [-0.05, 0) is 11.8 Å². The molecule has 1 heterocycles. The van der Waals surface area contributed by atoms with E-state index in [-0.39, 0.29) is 17.4 Å². The fraction of sp³-hybridized carbons (Fsp3) is 0.857. The molecule has 1 aliphatic rings. The van der Waals surface area contributed by atoms with Crippen LogP contribution in [0.3, 0.4) is 0 Å². The zero-order valence-corrected chi connectivity index (χ0v) is 13.3. The molecule has 1 saturated heterocycles. The Morgan fingerprint density at radius 3 is 1.95 bits per heavy atom. The van der Waals surface area contributed by atoms with Gasteiger partial charge in [0.2, 0.25) is 5.91 Å². The minimum Gasteiger partial charge on any atom is -0.400 e. The van der Waals surface area contributed by atoms with Crippen molar-refractivity contribution in [1.82, 2.24) is 4.90 Å². The van der Waals surface area contributed by atoms with Crippen molar-refractivity contribution in [1.29, 1.82) is 0 Å². The zero-order chi connectivity index (χ0) is 16.1. The molecule has 1 rings (SSSR count). The van der Waals surface area contributed by atoms with Crippen LogP contribution in [-0.2, 0) is 9.59 Å². The van der Waals surface area contributed by atoms with Crippen LogP contribution in [0.1, 0.15) is 47.5 Å². The fourth-order valence-electron chi connectivity index (χ4n) is 1.53. The average molecular weight is 277 g/mol. The molecule has 1 aliphatic heterocycles. The van der Waals surface area contributed by atoms with Gasteiger partial charge in [0, 0.05) is 26.6 Å². The molecule has 0 aromatic carbocycles. The number of aliphatic hydroxyl groups excluding tert-OH is 2. The fourth-order valence-corrected chi connectivity index (χ4v) is 1.53.